The molecule has 22 heavy (non-hydrogen) atoms. The topological polar surface area (TPSA) is 36.9 Å². The molecule has 0 fully saturated rings. The van der Waals surface area contributed by atoms with E-state index in [1.54, 1.807) is 7.05 Å². The first-order valence-electron chi connectivity index (χ1n) is 7.22. The molecule has 0 spiro atoms. The van der Waals surface area contributed by atoms with Gasteiger partial charge in [0.15, 0.2) is 5.96 Å². The molecule has 0 saturated carbocycles. The van der Waals surface area contributed by atoms with Crippen molar-refractivity contribution in [3.63, 3.8) is 0 Å². The quantitative estimate of drug-likeness (QED) is 0.515. The molecule has 1 aromatic rings. The number of alkyl halides is 3. The molecule has 122 valence electrons. The predicted molar refractivity (Wildman–Crippen MR) is 80.3 cm³/mol. The molecule has 0 saturated heterocycles. The number of anilines is 1. The number of aliphatic imine (C=N–C) groups is 1. The number of hydrogen-bond acceptors (Lipinski definition) is 2. The maximum atomic E-state index is 11.9. The standard InChI is InChI=1S/C15H20F3N3O/c1-19-14(20-8-4-10-22-11-15(16,17)18)21-9-7-12-5-2-3-6-13(12)21/h2-3,5-6H,4,7-11H2,1H3,(H,19,20). The molecule has 4 nitrogen and oxygen atoms in total. The lowest BCUT2D eigenvalue weighted by Crippen LogP contribution is -2.41. The molecule has 1 aliphatic rings. The molecule has 0 bridgehead atoms. The summed E-state index contributed by atoms with van der Waals surface area (Å²) in [7, 11) is 1.70. The number of hydrogen-bond donors (Lipinski definition) is 1. The van der Waals surface area contributed by atoms with E-state index in [1.165, 1.54) is 5.56 Å². The smallest absolute Gasteiger partial charge is 0.372 e. The van der Waals surface area contributed by atoms with Crippen LogP contribution in [0.2, 0.25) is 0 Å². The molecule has 1 aliphatic heterocycles. The molecule has 2 rings (SSSR count). The summed E-state index contributed by atoms with van der Waals surface area (Å²) in [5, 5.41) is 3.16. The first-order valence-corrected chi connectivity index (χ1v) is 7.22. The number of nitrogens with one attached hydrogen (secondary N) is 1. The van der Waals surface area contributed by atoms with E-state index in [2.05, 4.69) is 26.0 Å². The van der Waals surface area contributed by atoms with Gasteiger partial charge in [-0.25, -0.2) is 0 Å². The second-order valence-corrected chi connectivity index (χ2v) is 5.03. The Balaban J connectivity index is 1.75. The van der Waals surface area contributed by atoms with E-state index in [0.29, 0.717) is 13.0 Å². The fraction of sp³-hybridized carbons (Fsp3) is 0.533. The van der Waals surface area contributed by atoms with Crippen LogP contribution < -0.4 is 10.2 Å². The Morgan fingerprint density at radius 1 is 1.36 bits per heavy atom. The number of ether oxygens (including phenoxy) is 1. The van der Waals surface area contributed by atoms with Crippen molar-refractivity contribution >= 4 is 11.6 Å². The Morgan fingerprint density at radius 3 is 2.86 bits per heavy atom. The van der Waals surface area contributed by atoms with E-state index in [9.17, 15) is 13.2 Å². The zero-order valence-corrected chi connectivity index (χ0v) is 12.5. The summed E-state index contributed by atoms with van der Waals surface area (Å²) in [5.41, 5.74) is 2.41. The molecular formula is C15H20F3N3O. The molecule has 7 heteroatoms. The van der Waals surface area contributed by atoms with Crippen LogP contribution >= 0.6 is 0 Å². The molecule has 1 aromatic carbocycles. The van der Waals surface area contributed by atoms with Crippen LogP contribution in [0.3, 0.4) is 0 Å². The van der Waals surface area contributed by atoms with Gasteiger partial charge in [0, 0.05) is 32.4 Å². The van der Waals surface area contributed by atoms with Gasteiger partial charge in [0.2, 0.25) is 0 Å². The van der Waals surface area contributed by atoms with Crippen molar-refractivity contribution in [3.05, 3.63) is 29.8 Å². The minimum Gasteiger partial charge on any atom is -0.372 e. The van der Waals surface area contributed by atoms with Crippen molar-refractivity contribution in [3.8, 4) is 0 Å². The average molecular weight is 315 g/mol. The average Bonchev–Trinajstić information content (AvgIpc) is 2.89. The molecule has 1 N–H and O–H groups in total. The summed E-state index contributed by atoms with van der Waals surface area (Å²) in [5.74, 6) is 0.737. The van der Waals surface area contributed by atoms with Crippen LogP contribution in [-0.4, -0.2) is 45.5 Å². The minimum absolute atomic E-state index is 0.0695. The second kappa shape index (κ2) is 7.49. The van der Waals surface area contributed by atoms with Crippen molar-refractivity contribution in [2.45, 2.75) is 19.0 Å². The lowest BCUT2D eigenvalue weighted by Gasteiger charge is -2.22. The van der Waals surface area contributed by atoms with E-state index in [-0.39, 0.29) is 6.61 Å². The molecule has 1 heterocycles. The summed E-state index contributed by atoms with van der Waals surface area (Å²) in [6.45, 7) is 0.244. The van der Waals surface area contributed by atoms with Crippen LogP contribution in [0.1, 0.15) is 12.0 Å². The Hall–Kier alpha value is -1.76. The van der Waals surface area contributed by atoms with Crippen LogP contribution in [0, 0.1) is 0 Å². The summed E-state index contributed by atoms with van der Waals surface area (Å²) >= 11 is 0. The van der Waals surface area contributed by atoms with Gasteiger partial charge in [-0.05, 0) is 24.5 Å². The Labute approximate surface area is 128 Å². The van der Waals surface area contributed by atoms with E-state index >= 15 is 0 Å². The number of rotatable bonds is 5. The van der Waals surface area contributed by atoms with Gasteiger partial charge in [0.05, 0.1) is 0 Å². The van der Waals surface area contributed by atoms with E-state index in [1.807, 2.05) is 18.2 Å². The maximum absolute atomic E-state index is 11.9. The number of guanidine groups is 1. The summed E-state index contributed by atoms with van der Waals surface area (Å²) < 4.78 is 40.4. The summed E-state index contributed by atoms with van der Waals surface area (Å²) in [6, 6.07) is 8.13. The lowest BCUT2D eigenvalue weighted by molar-refractivity contribution is -0.173. The zero-order valence-electron chi connectivity index (χ0n) is 12.5. The number of nitrogens with zero attached hydrogens (tertiary/aromatic N) is 2. The molecule has 0 atom stereocenters. The highest BCUT2D eigenvalue weighted by Crippen LogP contribution is 2.27. The van der Waals surface area contributed by atoms with Crippen molar-refractivity contribution in [2.75, 3.05) is 38.3 Å². The highest BCUT2D eigenvalue weighted by Gasteiger charge is 2.27. The number of para-hydroxylation sites is 1. The predicted octanol–water partition coefficient (Wildman–Crippen LogP) is 2.59. The first-order chi connectivity index (χ1) is 10.5. The minimum atomic E-state index is -4.26. The van der Waals surface area contributed by atoms with Gasteiger partial charge in [-0.15, -0.1) is 0 Å². The van der Waals surface area contributed by atoms with E-state index < -0.39 is 12.8 Å². The third kappa shape index (κ3) is 4.62. The fourth-order valence-electron chi connectivity index (χ4n) is 2.42. The molecule has 0 aliphatic carbocycles. The van der Waals surface area contributed by atoms with Gasteiger partial charge in [0.1, 0.15) is 6.61 Å². The van der Waals surface area contributed by atoms with Crippen molar-refractivity contribution < 1.29 is 17.9 Å². The van der Waals surface area contributed by atoms with Crippen molar-refractivity contribution in [1.82, 2.24) is 5.32 Å². The third-order valence-corrected chi connectivity index (χ3v) is 3.37. The first kappa shape index (κ1) is 16.6. The fourth-order valence-corrected chi connectivity index (χ4v) is 2.42. The van der Waals surface area contributed by atoms with Gasteiger partial charge >= 0.3 is 6.18 Å². The second-order valence-electron chi connectivity index (χ2n) is 5.03. The summed E-state index contributed by atoms with van der Waals surface area (Å²) in [6.07, 6.45) is -2.81. The van der Waals surface area contributed by atoms with Gasteiger partial charge in [-0.1, -0.05) is 18.2 Å². The monoisotopic (exact) mass is 315 g/mol. The molecule has 0 radical (unpaired) electrons. The summed E-state index contributed by atoms with van der Waals surface area (Å²) in [4.78, 5) is 6.33. The lowest BCUT2D eigenvalue weighted by atomic mass is 10.2. The third-order valence-electron chi connectivity index (χ3n) is 3.37. The Morgan fingerprint density at radius 2 is 2.14 bits per heavy atom. The SMILES string of the molecule is CN=C(NCCCOCC(F)(F)F)N1CCc2ccccc21. The van der Waals surface area contributed by atoms with Crippen molar-refractivity contribution in [2.24, 2.45) is 4.99 Å². The van der Waals surface area contributed by atoms with Crippen LogP contribution in [0.25, 0.3) is 0 Å². The molecule has 0 aromatic heterocycles. The molecular weight excluding hydrogens is 295 g/mol. The highest BCUT2D eigenvalue weighted by molar-refractivity contribution is 5.97. The molecule has 0 unspecified atom stereocenters. The van der Waals surface area contributed by atoms with E-state index in [4.69, 9.17) is 0 Å². The highest BCUT2D eigenvalue weighted by atomic mass is 19.4. The number of benzene rings is 1. The van der Waals surface area contributed by atoms with Crippen LogP contribution in [0.15, 0.2) is 29.3 Å². The van der Waals surface area contributed by atoms with Gasteiger partial charge < -0.3 is 15.0 Å². The maximum Gasteiger partial charge on any atom is 0.411 e. The van der Waals surface area contributed by atoms with Gasteiger partial charge in [0.25, 0.3) is 0 Å². The van der Waals surface area contributed by atoms with Gasteiger partial charge in [-0.3, -0.25) is 4.99 Å². The van der Waals surface area contributed by atoms with Crippen molar-refractivity contribution in [1.29, 1.82) is 0 Å². The normalized spacial score (nSPS) is 15.1. The van der Waals surface area contributed by atoms with Crippen LogP contribution in [-0.2, 0) is 11.2 Å². The van der Waals surface area contributed by atoms with Crippen LogP contribution in [0.5, 0.6) is 0 Å². The molecule has 0 amide bonds. The Bertz CT molecular complexity index is 517. The number of halogens is 3. The Kier molecular flexibility index (Phi) is 5.65. The zero-order chi connectivity index (χ0) is 16.0. The largest absolute Gasteiger partial charge is 0.411 e. The van der Waals surface area contributed by atoms with E-state index in [0.717, 1.165) is 24.6 Å². The van der Waals surface area contributed by atoms with Crippen LogP contribution in [0.4, 0.5) is 18.9 Å². The van der Waals surface area contributed by atoms with Gasteiger partial charge in [-0.2, -0.15) is 13.2 Å². The number of fused-ring (bicyclic) bond motifs is 1.